The molecule has 2 aromatic carbocycles. The number of furan rings is 1. The van der Waals surface area contributed by atoms with Crippen molar-refractivity contribution in [1.29, 1.82) is 0 Å². The third kappa shape index (κ3) is 4.35. The summed E-state index contributed by atoms with van der Waals surface area (Å²) in [5.74, 6) is 2.37. The lowest BCUT2D eigenvalue weighted by atomic mass is 10.2. The van der Waals surface area contributed by atoms with Gasteiger partial charge in [0.2, 0.25) is 0 Å². The fraction of sp³-hybridized carbons (Fsp3) is 0.143. The zero-order valence-corrected chi connectivity index (χ0v) is 16.2. The van der Waals surface area contributed by atoms with Crippen molar-refractivity contribution >= 4 is 22.6 Å². The van der Waals surface area contributed by atoms with E-state index in [0.717, 1.165) is 16.7 Å². The maximum atomic E-state index is 11.7. The highest BCUT2D eigenvalue weighted by Gasteiger charge is 2.10. The Morgan fingerprint density at radius 2 is 1.93 bits per heavy atom. The molecule has 0 saturated carbocycles. The first-order valence-electron chi connectivity index (χ1n) is 8.88. The maximum absolute atomic E-state index is 11.7. The summed E-state index contributed by atoms with van der Waals surface area (Å²) in [6.45, 7) is 2.35. The lowest BCUT2D eigenvalue weighted by molar-refractivity contribution is 0.283. The molecular formula is C21H17ClN2O5. The van der Waals surface area contributed by atoms with Crippen LogP contribution in [-0.4, -0.2) is 16.2 Å². The van der Waals surface area contributed by atoms with Crippen LogP contribution in [0.25, 0.3) is 11.0 Å². The summed E-state index contributed by atoms with van der Waals surface area (Å²) < 4.78 is 18.7. The molecule has 0 atom stereocenters. The average molecular weight is 413 g/mol. The first kappa shape index (κ1) is 18.9. The zero-order valence-electron chi connectivity index (χ0n) is 15.5. The van der Waals surface area contributed by atoms with Gasteiger partial charge in [-0.25, -0.2) is 4.79 Å². The smallest absolute Gasteiger partial charge is 0.328 e. The van der Waals surface area contributed by atoms with E-state index in [1.54, 1.807) is 24.3 Å². The van der Waals surface area contributed by atoms with Crippen molar-refractivity contribution in [2.24, 2.45) is 0 Å². The number of H-pyrrole nitrogens is 1. The quantitative estimate of drug-likeness (QED) is 0.515. The Kier molecular flexibility index (Phi) is 5.14. The minimum absolute atomic E-state index is 0.198. The second-order valence-corrected chi connectivity index (χ2v) is 6.84. The second-order valence-electron chi connectivity index (χ2n) is 6.40. The molecule has 0 aliphatic rings. The van der Waals surface area contributed by atoms with Crippen LogP contribution in [0.4, 0.5) is 0 Å². The van der Waals surface area contributed by atoms with Crippen LogP contribution in [0.15, 0.2) is 68.7 Å². The first-order valence-corrected chi connectivity index (χ1v) is 9.26. The lowest BCUT2D eigenvalue weighted by Gasteiger charge is -2.13. The lowest BCUT2D eigenvalue weighted by Crippen LogP contribution is -2.30. The topological polar surface area (TPSA) is 86.5 Å². The van der Waals surface area contributed by atoms with Gasteiger partial charge in [0.15, 0.2) is 11.5 Å². The fourth-order valence-electron chi connectivity index (χ4n) is 2.90. The van der Waals surface area contributed by atoms with Gasteiger partial charge in [-0.15, -0.1) is 0 Å². The summed E-state index contributed by atoms with van der Waals surface area (Å²) in [4.78, 5) is 25.1. The fourth-order valence-corrected chi connectivity index (χ4v) is 3.06. The highest BCUT2D eigenvalue weighted by molar-refractivity contribution is 6.30. The van der Waals surface area contributed by atoms with Crippen LogP contribution in [0.3, 0.4) is 0 Å². The van der Waals surface area contributed by atoms with Gasteiger partial charge >= 0.3 is 5.69 Å². The number of rotatable bonds is 6. The van der Waals surface area contributed by atoms with Gasteiger partial charge < -0.3 is 13.9 Å². The van der Waals surface area contributed by atoms with E-state index in [9.17, 15) is 9.59 Å². The summed E-state index contributed by atoms with van der Waals surface area (Å²) in [6.07, 6.45) is 1.42. The molecule has 0 spiro atoms. The number of aromatic nitrogens is 2. The number of hydrogen-bond acceptors (Lipinski definition) is 5. The summed E-state index contributed by atoms with van der Waals surface area (Å²) in [6, 6.07) is 13.8. The number of nitrogens with zero attached hydrogens (tertiary/aromatic N) is 1. The molecule has 4 rings (SSSR count). The van der Waals surface area contributed by atoms with Crippen LogP contribution in [0.5, 0.6) is 17.2 Å². The number of aromatic amines is 1. The second kappa shape index (κ2) is 7.89. The van der Waals surface area contributed by atoms with Crippen molar-refractivity contribution < 1.29 is 13.9 Å². The Hall–Kier alpha value is -3.45. The third-order valence-electron chi connectivity index (χ3n) is 4.23. The van der Waals surface area contributed by atoms with E-state index in [1.807, 2.05) is 25.1 Å². The van der Waals surface area contributed by atoms with E-state index in [1.165, 1.54) is 16.8 Å². The third-order valence-corrected chi connectivity index (χ3v) is 4.47. The first-order chi connectivity index (χ1) is 14.0. The number of benzene rings is 2. The molecule has 29 heavy (non-hydrogen) atoms. The molecule has 7 nitrogen and oxygen atoms in total. The van der Waals surface area contributed by atoms with Crippen LogP contribution in [0, 0.1) is 6.92 Å². The van der Waals surface area contributed by atoms with E-state index >= 15 is 0 Å². The Bertz CT molecular complexity index is 1290. The highest BCUT2D eigenvalue weighted by atomic mass is 35.5. The molecule has 0 radical (unpaired) electrons. The molecule has 0 bridgehead atoms. The van der Waals surface area contributed by atoms with Crippen molar-refractivity contribution in [1.82, 2.24) is 9.55 Å². The monoisotopic (exact) mass is 412 g/mol. The predicted octanol–water partition coefficient (Wildman–Crippen LogP) is 4.12. The molecule has 0 unspecified atom stereocenters. The van der Waals surface area contributed by atoms with Gasteiger partial charge in [-0.1, -0.05) is 11.6 Å². The van der Waals surface area contributed by atoms with Crippen molar-refractivity contribution in [2.45, 2.75) is 13.5 Å². The number of fused-ring (bicyclic) bond motifs is 1. The molecule has 0 amide bonds. The number of aryl methyl sites for hydroxylation is 1. The molecule has 148 valence electrons. The largest absolute Gasteiger partial charge is 0.488 e. The van der Waals surface area contributed by atoms with Gasteiger partial charge in [0, 0.05) is 28.7 Å². The van der Waals surface area contributed by atoms with E-state index < -0.39 is 11.2 Å². The Morgan fingerprint density at radius 3 is 2.76 bits per heavy atom. The average Bonchev–Trinajstić information content (AvgIpc) is 3.04. The Balaban J connectivity index is 1.51. The SMILES string of the molecule is Cc1cc2cc(Oc3cc(Cl)ccc3OCCn3ccc(=O)[nH]c3=O)ccc2o1. The van der Waals surface area contributed by atoms with Gasteiger partial charge in [-0.3, -0.25) is 14.3 Å². The van der Waals surface area contributed by atoms with Gasteiger partial charge in [0.25, 0.3) is 5.56 Å². The molecule has 0 aliphatic carbocycles. The molecule has 2 heterocycles. The van der Waals surface area contributed by atoms with Crippen molar-refractivity contribution in [3.63, 3.8) is 0 Å². The zero-order chi connectivity index (χ0) is 20.4. The minimum atomic E-state index is -0.489. The molecule has 2 aromatic heterocycles. The van der Waals surface area contributed by atoms with Crippen molar-refractivity contribution in [3.8, 4) is 17.2 Å². The van der Waals surface area contributed by atoms with E-state index in [2.05, 4.69) is 4.98 Å². The molecule has 8 heteroatoms. The van der Waals surface area contributed by atoms with Gasteiger partial charge in [-0.05, 0) is 43.3 Å². The van der Waals surface area contributed by atoms with Gasteiger partial charge in [0.1, 0.15) is 23.7 Å². The number of ether oxygens (including phenoxy) is 2. The number of halogens is 1. The normalized spacial score (nSPS) is 11.0. The van der Waals surface area contributed by atoms with Crippen molar-refractivity contribution in [2.75, 3.05) is 6.61 Å². The predicted molar refractivity (Wildman–Crippen MR) is 109 cm³/mol. The maximum Gasteiger partial charge on any atom is 0.328 e. The molecule has 0 saturated heterocycles. The number of hydrogen-bond donors (Lipinski definition) is 1. The Labute approximate surface area is 170 Å². The molecule has 1 N–H and O–H groups in total. The van der Waals surface area contributed by atoms with Crippen LogP contribution in [-0.2, 0) is 6.54 Å². The van der Waals surface area contributed by atoms with Gasteiger partial charge in [-0.2, -0.15) is 0 Å². The van der Waals surface area contributed by atoms with Crippen LogP contribution < -0.4 is 20.7 Å². The molecule has 0 aliphatic heterocycles. The number of nitrogens with one attached hydrogen (secondary N) is 1. The van der Waals surface area contributed by atoms with E-state index in [-0.39, 0.29) is 13.2 Å². The van der Waals surface area contributed by atoms with Crippen LogP contribution >= 0.6 is 11.6 Å². The van der Waals surface area contributed by atoms with E-state index in [0.29, 0.717) is 22.3 Å². The summed E-state index contributed by atoms with van der Waals surface area (Å²) >= 11 is 6.12. The van der Waals surface area contributed by atoms with Gasteiger partial charge in [0.05, 0.1) is 6.54 Å². The van der Waals surface area contributed by atoms with Crippen molar-refractivity contribution in [3.05, 3.63) is 86.3 Å². The van der Waals surface area contributed by atoms with E-state index in [4.69, 9.17) is 25.5 Å². The van der Waals surface area contributed by atoms with Crippen LogP contribution in [0.1, 0.15) is 5.76 Å². The summed E-state index contributed by atoms with van der Waals surface area (Å²) in [5, 5.41) is 1.44. The summed E-state index contributed by atoms with van der Waals surface area (Å²) in [5.41, 5.74) is -0.147. The minimum Gasteiger partial charge on any atom is -0.488 e. The molecular weight excluding hydrogens is 396 g/mol. The molecule has 0 fully saturated rings. The van der Waals surface area contributed by atoms with Crippen LogP contribution in [0.2, 0.25) is 5.02 Å². The Morgan fingerprint density at radius 1 is 1.07 bits per heavy atom. The molecule has 4 aromatic rings. The summed E-state index contributed by atoms with van der Waals surface area (Å²) in [7, 11) is 0. The standard InChI is InChI=1S/C21H17ClN2O5/c1-13-10-14-11-16(3-5-17(14)28-13)29-19-12-15(22)2-4-18(19)27-9-8-24-7-6-20(25)23-21(24)26/h2-7,10-12H,8-9H2,1H3,(H,23,25,26). The highest BCUT2D eigenvalue weighted by Crippen LogP contribution is 2.35.